The Bertz CT molecular complexity index is 1670. The minimum absolute atomic E-state index is 0.0296. The molecule has 0 aliphatic rings. The van der Waals surface area contributed by atoms with Crippen LogP contribution in [-0.4, -0.2) is 50.4 Å². The van der Waals surface area contributed by atoms with Crippen LogP contribution in [-0.2, 0) is 32.6 Å². The van der Waals surface area contributed by atoms with Gasteiger partial charge < -0.3 is 15.0 Å². The van der Waals surface area contributed by atoms with Crippen molar-refractivity contribution in [2.45, 2.75) is 50.7 Å². The third-order valence-electron chi connectivity index (χ3n) is 7.01. The first kappa shape index (κ1) is 33.7. The van der Waals surface area contributed by atoms with E-state index in [-0.39, 0.29) is 35.5 Å². The molecule has 45 heavy (non-hydrogen) atoms. The van der Waals surface area contributed by atoms with E-state index >= 15 is 0 Å². The summed E-state index contributed by atoms with van der Waals surface area (Å²) in [6.45, 7) is 5.35. The number of sulfonamides is 1. The number of benzene rings is 4. The van der Waals surface area contributed by atoms with Gasteiger partial charge in [0, 0.05) is 23.5 Å². The average molecular weight is 693 g/mol. The predicted molar refractivity (Wildman–Crippen MR) is 180 cm³/mol. The Balaban J connectivity index is 1.83. The number of hydrogen-bond donors (Lipinski definition) is 1. The molecule has 4 aromatic rings. The van der Waals surface area contributed by atoms with Crippen molar-refractivity contribution in [3.8, 4) is 5.75 Å². The smallest absolute Gasteiger partial charge is 0.264 e. The van der Waals surface area contributed by atoms with Crippen molar-refractivity contribution in [2.75, 3.05) is 17.5 Å². The van der Waals surface area contributed by atoms with Gasteiger partial charge in [0.25, 0.3) is 10.0 Å². The summed E-state index contributed by atoms with van der Waals surface area (Å²) in [5.41, 5.74) is 1.88. The Labute approximate surface area is 274 Å². The fourth-order valence-corrected chi connectivity index (χ4v) is 6.61. The first-order valence-corrected chi connectivity index (χ1v) is 17.0. The van der Waals surface area contributed by atoms with Gasteiger partial charge in [-0.1, -0.05) is 88.7 Å². The van der Waals surface area contributed by atoms with Crippen molar-refractivity contribution in [3.05, 3.63) is 125 Å². The van der Waals surface area contributed by atoms with Crippen LogP contribution < -0.4 is 14.4 Å². The molecule has 0 saturated heterocycles. The summed E-state index contributed by atoms with van der Waals surface area (Å²) in [5, 5.41) is 2.97. The molecule has 0 aliphatic carbocycles. The quantitative estimate of drug-likeness (QED) is 0.170. The molecule has 0 heterocycles. The summed E-state index contributed by atoms with van der Waals surface area (Å²) in [4.78, 5) is 29.9. The number of hydrogen-bond acceptors (Lipinski definition) is 5. The number of anilines is 1. The highest BCUT2D eigenvalue weighted by atomic mass is 79.9. The lowest BCUT2D eigenvalue weighted by Crippen LogP contribution is -2.54. The lowest BCUT2D eigenvalue weighted by Gasteiger charge is -2.34. The van der Waals surface area contributed by atoms with Gasteiger partial charge in [-0.25, -0.2) is 8.42 Å². The van der Waals surface area contributed by atoms with E-state index in [0.717, 1.165) is 19.9 Å². The van der Waals surface area contributed by atoms with E-state index < -0.39 is 28.5 Å². The first-order valence-electron chi connectivity index (χ1n) is 14.8. The third kappa shape index (κ3) is 8.95. The summed E-state index contributed by atoms with van der Waals surface area (Å²) in [6, 6.07) is 30.5. The van der Waals surface area contributed by atoms with E-state index in [1.54, 1.807) is 49.4 Å². The number of nitrogens with one attached hydrogen (secondary N) is 1. The van der Waals surface area contributed by atoms with Gasteiger partial charge in [0.05, 0.1) is 17.2 Å². The summed E-state index contributed by atoms with van der Waals surface area (Å²) < 4.78 is 36.1. The van der Waals surface area contributed by atoms with Gasteiger partial charge in [0.15, 0.2) is 0 Å². The molecule has 0 saturated carbocycles. The van der Waals surface area contributed by atoms with Crippen LogP contribution in [0.1, 0.15) is 31.9 Å². The molecular formula is C35H38BrN3O5S. The summed E-state index contributed by atoms with van der Waals surface area (Å²) >= 11 is 3.46. The molecule has 0 spiro atoms. The highest BCUT2D eigenvalue weighted by Crippen LogP contribution is 2.33. The van der Waals surface area contributed by atoms with Crippen molar-refractivity contribution in [2.24, 2.45) is 0 Å². The monoisotopic (exact) mass is 691 g/mol. The minimum Gasteiger partial charge on any atom is -0.492 e. The number of ether oxygens (including phenoxy) is 1. The van der Waals surface area contributed by atoms with Gasteiger partial charge in [-0.15, -0.1) is 0 Å². The van der Waals surface area contributed by atoms with E-state index in [4.69, 9.17) is 4.74 Å². The normalized spacial score (nSPS) is 11.9. The average Bonchev–Trinajstić information content (AvgIpc) is 3.03. The Morgan fingerprint density at radius 1 is 0.822 bits per heavy atom. The number of rotatable bonds is 14. The van der Waals surface area contributed by atoms with E-state index in [9.17, 15) is 18.0 Å². The fourth-order valence-electron chi connectivity index (χ4n) is 4.89. The molecule has 1 unspecified atom stereocenters. The van der Waals surface area contributed by atoms with Crippen LogP contribution in [0.15, 0.2) is 119 Å². The highest BCUT2D eigenvalue weighted by Gasteiger charge is 2.35. The molecule has 8 nitrogen and oxygen atoms in total. The summed E-state index contributed by atoms with van der Waals surface area (Å²) in [5.74, 6) is -0.541. The van der Waals surface area contributed by atoms with Gasteiger partial charge in [-0.3, -0.25) is 13.9 Å². The molecule has 4 rings (SSSR count). The molecule has 1 N–H and O–H groups in total. The zero-order valence-electron chi connectivity index (χ0n) is 25.6. The number of nitrogens with zero attached hydrogens (tertiary/aromatic N) is 2. The minimum atomic E-state index is -4.23. The standard InChI is InChI=1S/C35H38BrN3O5S/c1-4-44-33-18-12-11-17-31(33)39(45(42,43)30-15-9-6-10-16-30)25-34(40)38(24-28-19-21-29(36)22-20-28)32(35(41)37-26(2)3)23-27-13-7-5-8-14-27/h5-22,26,32H,4,23-25H2,1-3H3,(H,37,41). The van der Waals surface area contributed by atoms with Crippen molar-refractivity contribution in [1.82, 2.24) is 10.2 Å². The lowest BCUT2D eigenvalue weighted by molar-refractivity contribution is -0.140. The lowest BCUT2D eigenvalue weighted by atomic mass is 10.0. The van der Waals surface area contributed by atoms with E-state index in [1.807, 2.05) is 68.4 Å². The maximum Gasteiger partial charge on any atom is 0.264 e. The molecule has 0 aromatic heterocycles. The number of halogens is 1. The Hall–Kier alpha value is -4.15. The number of carbonyl (C=O) groups is 2. The molecule has 10 heteroatoms. The number of amides is 2. The molecule has 0 radical (unpaired) electrons. The molecule has 0 bridgehead atoms. The zero-order chi connectivity index (χ0) is 32.4. The topological polar surface area (TPSA) is 96.0 Å². The van der Waals surface area contributed by atoms with Gasteiger partial charge in [0.2, 0.25) is 11.8 Å². The molecular weight excluding hydrogens is 654 g/mol. The van der Waals surface area contributed by atoms with Crippen LogP contribution in [0.5, 0.6) is 5.75 Å². The number of para-hydroxylation sites is 2. The second-order valence-corrected chi connectivity index (χ2v) is 13.5. The van der Waals surface area contributed by atoms with Crippen molar-refractivity contribution in [3.63, 3.8) is 0 Å². The summed E-state index contributed by atoms with van der Waals surface area (Å²) in [6.07, 6.45) is 0.239. The maximum atomic E-state index is 14.6. The SMILES string of the molecule is CCOc1ccccc1N(CC(=O)N(Cc1ccc(Br)cc1)C(Cc1ccccc1)C(=O)NC(C)C)S(=O)(=O)c1ccccc1. The summed E-state index contributed by atoms with van der Waals surface area (Å²) in [7, 11) is -4.23. The van der Waals surface area contributed by atoms with Crippen LogP contribution in [0.2, 0.25) is 0 Å². The Kier molecular flexibility index (Phi) is 11.8. The van der Waals surface area contributed by atoms with Gasteiger partial charge in [-0.05, 0) is 68.3 Å². The van der Waals surface area contributed by atoms with Crippen LogP contribution in [0.3, 0.4) is 0 Å². The van der Waals surface area contributed by atoms with Crippen molar-refractivity contribution < 1.29 is 22.7 Å². The highest BCUT2D eigenvalue weighted by molar-refractivity contribution is 9.10. The first-order chi connectivity index (χ1) is 21.6. The predicted octanol–water partition coefficient (Wildman–Crippen LogP) is 6.21. The Morgan fingerprint density at radius 3 is 2.04 bits per heavy atom. The van der Waals surface area contributed by atoms with Crippen molar-refractivity contribution >= 4 is 43.5 Å². The Morgan fingerprint density at radius 2 is 1.42 bits per heavy atom. The number of carbonyl (C=O) groups excluding carboxylic acids is 2. The fraction of sp³-hybridized carbons (Fsp3) is 0.257. The molecule has 4 aromatic carbocycles. The van der Waals surface area contributed by atoms with E-state index in [1.165, 1.54) is 17.0 Å². The van der Waals surface area contributed by atoms with E-state index in [2.05, 4.69) is 21.2 Å². The third-order valence-corrected chi connectivity index (χ3v) is 9.31. The van der Waals surface area contributed by atoms with Crippen LogP contribution in [0.4, 0.5) is 5.69 Å². The van der Waals surface area contributed by atoms with Gasteiger partial charge in [-0.2, -0.15) is 0 Å². The van der Waals surface area contributed by atoms with Crippen LogP contribution in [0, 0.1) is 0 Å². The zero-order valence-corrected chi connectivity index (χ0v) is 28.0. The van der Waals surface area contributed by atoms with Crippen molar-refractivity contribution in [1.29, 1.82) is 0 Å². The molecule has 0 fully saturated rings. The second kappa shape index (κ2) is 15.7. The molecule has 236 valence electrons. The largest absolute Gasteiger partial charge is 0.492 e. The second-order valence-electron chi connectivity index (χ2n) is 10.7. The maximum absolute atomic E-state index is 14.6. The van der Waals surface area contributed by atoms with Gasteiger partial charge in [0.1, 0.15) is 18.3 Å². The van der Waals surface area contributed by atoms with Crippen LogP contribution >= 0.6 is 15.9 Å². The van der Waals surface area contributed by atoms with Gasteiger partial charge >= 0.3 is 0 Å². The van der Waals surface area contributed by atoms with E-state index in [0.29, 0.717) is 12.4 Å². The van der Waals surface area contributed by atoms with Crippen LogP contribution in [0.25, 0.3) is 0 Å². The molecule has 0 aliphatic heterocycles. The molecule has 1 atom stereocenters. The molecule has 2 amide bonds.